The second-order valence-corrected chi connectivity index (χ2v) is 5.26. The molecule has 7 heteroatoms. The number of sulfone groups is 1. The Balaban J connectivity index is 3.04. The molecule has 0 radical (unpaired) electrons. The maximum Gasteiger partial charge on any atom is 0.270 e. The second kappa shape index (κ2) is 5.04. The van der Waals surface area contributed by atoms with Gasteiger partial charge >= 0.3 is 0 Å². The highest BCUT2D eigenvalue weighted by Crippen LogP contribution is 2.18. The van der Waals surface area contributed by atoms with Crippen LogP contribution in [-0.2, 0) is 9.84 Å². The van der Waals surface area contributed by atoms with Crippen molar-refractivity contribution in [3.8, 4) is 0 Å². The van der Waals surface area contributed by atoms with Crippen molar-refractivity contribution in [2.75, 3.05) is 12.4 Å². The lowest BCUT2D eigenvalue weighted by Crippen LogP contribution is -2.08. The average Bonchev–Trinajstić information content (AvgIpc) is 2.26. The van der Waals surface area contributed by atoms with Crippen molar-refractivity contribution in [2.45, 2.75) is 11.3 Å². The van der Waals surface area contributed by atoms with Crippen LogP contribution in [0, 0.1) is 10.1 Å². The molecule has 0 aliphatic heterocycles. The third-order valence-electron chi connectivity index (χ3n) is 1.96. The smallest absolute Gasteiger partial charge is 0.270 e. The van der Waals surface area contributed by atoms with E-state index >= 15 is 0 Å². The first-order valence-corrected chi connectivity index (χ1v) is 6.20. The first-order chi connectivity index (χ1) is 7.47. The van der Waals surface area contributed by atoms with Crippen molar-refractivity contribution in [3.63, 3.8) is 0 Å². The SMILES string of the molecule is O=[N+]([O-])c1cccc(S(=O)(=O)CCCO)c1. The standard InChI is InChI=1S/C9H11NO5S/c11-5-2-6-16(14,15)9-4-1-3-8(7-9)10(12)13/h1,3-4,7,11H,2,5-6H2. The Morgan fingerprint density at radius 1 is 1.38 bits per heavy atom. The number of hydrogen-bond acceptors (Lipinski definition) is 5. The quantitative estimate of drug-likeness (QED) is 0.609. The fraction of sp³-hybridized carbons (Fsp3) is 0.333. The summed E-state index contributed by atoms with van der Waals surface area (Å²) in [5.74, 6) is -0.218. The molecule has 0 unspecified atom stereocenters. The molecule has 6 nitrogen and oxygen atoms in total. The zero-order valence-corrected chi connectivity index (χ0v) is 9.18. The van der Waals surface area contributed by atoms with E-state index in [1.54, 1.807) is 0 Å². The molecule has 0 spiro atoms. The summed E-state index contributed by atoms with van der Waals surface area (Å²) in [5.41, 5.74) is -0.259. The molecule has 0 aliphatic carbocycles. The highest BCUT2D eigenvalue weighted by molar-refractivity contribution is 7.91. The minimum Gasteiger partial charge on any atom is -0.396 e. The Hall–Kier alpha value is -1.47. The first-order valence-electron chi connectivity index (χ1n) is 4.55. The largest absolute Gasteiger partial charge is 0.396 e. The molecule has 16 heavy (non-hydrogen) atoms. The van der Waals surface area contributed by atoms with Gasteiger partial charge in [0.05, 0.1) is 15.6 Å². The van der Waals surface area contributed by atoms with Crippen LogP contribution in [0.3, 0.4) is 0 Å². The van der Waals surface area contributed by atoms with Gasteiger partial charge in [-0.3, -0.25) is 10.1 Å². The monoisotopic (exact) mass is 245 g/mol. The van der Waals surface area contributed by atoms with E-state index in [2.05, 4.69) is 0 Å². The Kier molecular flexibility index (Phi) is 3.97. The van der Waals surface area contributed by atoms with Gasteiger partial charge in [-0.05, 0) is 12.5 Å². The van der Waals surface area contributed by atoms with Gasteiger partial charge in [0.15, 0.2) is 9.84 Å². The molecule has 0 heterocycles. The van der Waals surface area contributed by atoms with Crippen molar-refractivity contribution in [2.24, 2.45) is 0 Å². The van der Waals surface area contributed by atoms with E-state index in [1.807, 2.05) is 0 Å². The fourth-order valence-electron chi connectivity index (χ4n) is 1.16. The third kappa shape index (κ3) is 3.01. The summed E-state index contributed by atoms with van der Waals surface area (Å²) in [5, 5.41) is 19.0. The zero-order chi connectivity index (χ0) is 12.2. The van der Waals surface area contributed by atoms with Crippen LogP contribution in [0.5, 0.6) is 0 Å². The lowest BCUT2D eigenvalue weighted by atomic mass is 10.3. The van der Waals surface area contributed by atoms with Gasteiger partial charge in [0, 0.05) is 18.7 Å². The van der Waals surface area contributed by atoms with Crippen LogP contribution in [0.1, 0.15) is 6.42 Å². The van der Waals surface area contributed by atoms with Crippen LogP contribution in [0.25, 0.3) is 0 Å². The van der Waals surface area contributed by atoms with E-state index in [0.717, 1.165) is 6.07 Å². The minimum absolute atomic E-state index is 0.0878. The minimum atomic E-state index is -3.54. The molecule has 1 aromatic rings. The number of aliphatic hydroxyl groups is 1. The summed E-state index contributed by atoms with van der Waals surface area (Å²) in [6.45, 7) is -0.228. The van der Waals surface area contributed by atoms with E-state index < -0.39 is 14.8 Å². The Morgan fingerprint density at radius 3 is 2.62 bits per heavy atom. The van der Waals surface area contributed by atoms with Crippen molar-refractivity contribution < 1.29 is 18.4 Å². The zero-order valence-electron chi connectivity index (χ0n) is 8.37. The summed E-state index contributed by atoms with van der Waals surface area (Å²) in [6, 6.07) is 4.88. The number of nitro groups is 1. The van der Waals surface area contributed by atoms with Crippen molar-refractivity contribution in [3.05, 3.63) is 34.4 Å². The lowest BCUT2D eigenvalue weighted by Gasteiger charge is -2.02. The molecule has 0 aliphatic rings. The van der Waals surface area contributed by atoms with E-state index in [-0.39, 0.29) is 29.4 Å². The van der Waals surface area contributed by atoms with Gasteiger partial charge in [-0.25, -0.2) is 8.42 Å². The molecular weight excluding hydrogens is 234 g/mol. The van der Waals surface area contributed by atoms with Gasteiger partial charge in [-0.1, -0.05) is 6.07 Å². The van der Waals surface area contributed by atoms with Crippen LogP contribution < -0.4 is 0 Å². The second-order valence-electron chi connectivity index (χ2n) is 3.15. The summed E-state index contributed by atoms with van der Waals surface area (Å²) < 4.78 is 23.3. The van der Waals surface area contributed by atoms with E-state index in [9.17, 15) is 18.5 Å². The number of benzene rings is 1. The lowest BCUT2D eigenvalue weighted by molar-refractivity contribution is -0.385. The van der Waals surface area contributed by atoms with Crippen molar-refractivity contribution in [1.82, 2.24) is 0 Å². The van der Waals surface area contributed by atoms with Gasteiger partial charge in [0.25, 0.3) is 5.69 Å². The predicted molar refractivity (Wildman–Crippen MR) is 56.9 cm³/mol. The Labute approximate surface area is 92.6 Å². The molecule has 0 bridgehead atoms. The van der Waals surface area contributed by atoms with Gasteiger partial charge in [-0.15, -0.1) is 0 Å². The third-order valence-corrected chi connectivity index (χ3v) is 3.76. The molecule has 0 aromatic heterocycles. The summed E-state index contributed by atoms with van der Waals surface area (Å²) >= 11 is 0. The van der Waals surface area contributed by atoms with Crippen molar-refractivity contribution in [1.29, 1.82) is 0 Å². The molecule has 1 N–H and O–H groups in total. The van der Waals surface area contributed by atoms with Gasteiger partial charge in [-0.2, -0.15) is 0 Å². The summed E-state index contributed by atoms with van der Waals surface area (Å²) in [6.07, 6.45) is 0.116. The number of rotatable bonds is 5. The van der Waals surface area contributed by atoms with Crippen LogP contribution in [0.4, 0.5) is 5.69 Å². The summed E-state index contributed by atoms with van der Waals surface area (Å²) in [7, 11) is -3.54. The van der Waals surface area contributed by atoms with Crippen LogP contribution in [-0.4, -0.2) is 30.8 Å². The molecule has 88 valence electrons. The Morgan fingerprint density at radius 2 is 2.06 bits per heavy atom. The molecule has 1 rings (SSSR count). The summed E-state index contributed by atoms with van der Waals surface area (Å²) in [4.78, 5) is 9.73. The molecule has 0 fully saturated rings. The normalized spacial score (nSPS) is 11.3. The topological polar surface area (TPSA) is 97.5 Å². The molecule has 0 saturated carbocycles. The van der Waals surface area contributed by atoms with E-state index in [0.29, 0.717) is 0 Å². The van der Waals surface area contributed by atoms with Crippen LogP contribution >= 0.6 is 0 Å². The number of non-ortho nitro benzene ring substituents is 1. The van der Waals surface area contributed by atoms with E-state index in [1.165, 1.54) is 18.2 Å². The number of nitro benzene ring substituents is 1. The van der Waals surface area contributed by atoms with Crippen LogP contribution in [0.15, 0.2) is 29.2 Å². The molecule has 0 amide bonds. The van der Waals surface area contributed by atoms with Gasteiger partial charge in [0.2, 0.25) is 0 Å². The van der Waals surface area contributed by atoms with Gasteiger partial charge < -0.3 is 5.11 Å². The highest BCUT2D eigenvalue weighted by Gasteiger charge is 2.16. The van der Waals surface area contributed by atoms with Crippen LogP contribution in [0.2, 0.25) is 0 Å². The number of hydrogen-bond donors (Lipinski definition) is 1. The molecule has 1 aromatic carbocycles. The first kappa shape index (κ1) is 12.6. The molecular formula is C9H11NO5S. The molecule has 0 saturated heterocycles. The van der Waals surface area contributed by atoms with Gasteiger partial charge in [0.1, 0.15) is 0 Å². The fourth-order valence-corrected chi connectivity index (χ4v) is 2.49. The maximum absolute atomic E-state index is 11.6. The van der Waals surface area contributed by atoms with Crippen molar-refractivity contribution >= 4 is 15.5 Å². The highest BCUT2D eigenvalue weighted by atomic mass is 32.2. The number of aliphatic hydroxyl groups excluding tert-OH is 1. The number of nitrogens with zero attached hydrogens (tertiary/aromatic N) is 1. The maximum atomic E-state index is 11.6. The molecule has 0 atom stereocenters. The average molecular weight is 245 g/mol. The Bertz CT molecular complexity index is 482. The van der Waals surface area contributed by atoms with E-state index in [4.69, 9.17) is 5.11 Å². The predicted octanol–water partition coefficient (Wildman–Crippen LogP) is 0.751.